The molecule has 4 heterocycles. The first-order valence-corrected chi connectivity index (χ1v) is 25.9. The van der Waals surface area contributed by atoms with E-state index in [1.807, 2.05) is 36.7 Å². The van der Waals surface area contributed by atoms with Crippen molar-refractivity contribution in [3.8, 4) is 22.3 Å². The minimum atomic E-state index is -1.03. The number of rotatable bonds is 14. The molecule has 3 aromatic carbocycles. The molecule has 2 aromatic heterocycles. The second-order valence-electron chi connectivity index (χ2n) is 20.9. The normalized spacial score (nSPS) is 18.9. The minimum absolute atomic E-state index is 0.144. The summed E-state index contributed by atoms with van der Waals surface area (Å²) < 4.78 is 10.3. The highest BCUT2D eigenvalue weighted by Crippen LogP contribution is 2.56. The lowest BCUT2D eigenvalue weighted by molar-refractivity contribution is -0.138. The Labute approximate surface area is 432 Å². The van der Waals surface area contributed by atoms with Gasteiger partial charge in [0.2, 0.25) is 11.8 Å². The fraction of sp³-hybridized carbons (Fsp3) is 0.414. The van der Waals surface area contributed by atoms with Crippen LogP contribution >= 0.6 is 0 Å². The first-order chi connectivity index (χ1) is 35.6. The number of amides is 6. The molecule has 16 nitrogen and oxygen atoms in total. The Kier molecular flexibility index (Phi) is 14.9. The van der Waals surface area contributed by atoms with Crippen molar-refractivity contribution in [1.82, 2.24) is 30.4 Å². The summed E-state index contributed by atoms with van der Waals surface area (Å²) in [4.78, 5) is 94.8. The Morgan fingerprint density at radius 3 is 1.36 bits per heavy atom. The third kappa shape index (κ3) is 10.3. The van der Waals surface area contributed by atoms with Gasteiger partial charge in [-0.25, -0.2) is 9.59 Å². The maximum atomic E-state index is 14.3. The molecule has 4 atom stereocenters. The fourth-order valence-corrected chi connectivity index (χ4v) is 11.7. The van der Waals surface area contributed by atoms with Crippen molar-refractivity contribution in [2.45, 2.75) is 128 Å². The predicted octanol–water partition coefficient (Wildman–Crippen LogP) is 9.09. The summed E-state index contributed by atoms with van der Waals surface area (Å²) in [5.74, 6) is -1.45. The molecule has 0 bridgehead atoms. The first-order valence-electron chi connectivity index (χ1n) is 25.9. The van der Waals surface area contributed by atoms with Gasteiger partial charge in [0.05, 0.1) is 37.0 Å². The molecule has 4 N–H and O–H groups in total. The lowest BCUT2D eigenvalue weighted by Gasteiger charge is -2.31. The van der Waals surface area contributed by atoms with Crippen molar-refractivity contribution in [3.63, 3.8) is 0 Å². The van der Waals surface area contributed by atoms with Crippen molar-refractivity contribution in [2.75, 3.05) is 36.9 Å². The molecule has 386 valence electrons. The highest BCUT2D eigenvalue weighted by atomic mass is 16.6. The standard InChI is InChI=1S/C58H66N8O8/c1-7-73-55(71)63-49(35-17-11-9-12-18-35)53(69)65-27-15-21-43(65)51(67)61-39-29-37(31-59-33-39)45-41-23-25-58(5,6)48(41)46(42-24-26-57(3,4)47(42)45)38-30-40(34-60-32-38)62-52(68)44-22-16-28-66(44)54(70)50(64-56(72)74-8-2)36-19-13-10-14-20-36/h9-14,17-20,29-34,43-44,49-50H,7-8,15-16,21-28H2,1-6H3,(H,61,67)(H,62,68)(H,63,71)(H,64,72)/t43-,44-,49+,50?/m0/s1. The van der Waals surface area contributed by atoms with Gasteiger partial charge in [0, 0.05) is 36.6 Å². The second kappa shape index (κ2) is 21.5. The molecule has 5 aromatic rings. The zero-order chi connectivity index (χ0) is 52.3. The molecule has 6 amide bonds. The van der Waals surface area contributed by atoms with Gasteiger partial charge in [-0.05, 0) is 133 Å². The Bertz CT molecular complexity index is 2760. The average molecular weight is 1000 g/mol. The highest BCUT2D eigenvalue weighted by molar-refractivity contribution is 6.01. The molecule has 1 unspecified atom stereocenters. The smallest absolute Gasteiger partial charge is 0.408 e. The zero-order valence-corrected chi connectivity index (χ0v) is 43.1. The zero-order valence-electron chi connectivity index (χ0n) is 43.1. The molecule has 2 fully saturated rings. The van der Waals surface area contributed by atoms with Crippen LogP contribution in [0.2, 0.25) is 0 Å². The van der Waals surface area contributed by atoms with E-state index in [4.69, 9.17) is 19.4 Å². The molecule has 9 rings (SSSR count). The van der Waals surface area contributed by atoms with E-state index in [9.17, 15) is 28.8 Å². The van der Waals surface area contributed by atoms with Crippen LogP contribution in [0.1, 0.15) is 126 Å². The quantitative estimate of drug-likeness (QED) is 0.0832. The number of pyridine rings is 2. The summed E-state index contributed by atoms with van der Waals surface area (Å²) >= 11 is 0. The summed E-state index contributed by atoms with van der Waals surface area (Å²) in [6, 6.07) is 18.3. The van der Waals surface area contributed by atoms with Gasteiger partial charge in [-0.15, -0.1) is 0 Å². The fourth-order valence-electron chi connectivity index (χ4n) is 11.7. The van der Waals surface area contributed by atoms with E-state index in [-0.39, 0.29) is 47.7 Å². The van der Waals surface area contributed by atoms with E-state index in [1.54, 1.807) is 84.6 Å². The molecule has 2 aliphatic carbocycles. The molecular weight excluding hydrogens is 937 g/mol. The first kappa shape index (κ1) is 51.3. The van der Waals surface area contributed by atoms with Crippen LogP contribution in [0.5, 0.6) is 0 Å². The van der Waals surface area contributed by atoms with Crippen LogP contribution in [0.4, 0.5) is 21.0 Å². The monoisotopic (exact) mass is 1000 g/mol. The Balaban J connectivity index is 0.997. The van der Waals surface area contributed by atoms with Crippen molar-refractivity contribution in [2.24, 2.45) is 0 Å². The van der Waals surface area contributed by atoms with E-state index in [2.05, 4.69) is 49.0 Å². The number of fused-ring (bicyclic) bond motifs is 2. The summed E-state index contributed by atoms with van der Waals surface area (Å²) in [6.07, 6.45) is 11.2. The third-order valence-electron chi connectivity index (χ3n) is 15.2. The van der Waals surface area contributed by atoms with Gasteiger partial charge in [-0.3, -0.25) is 29.1 Å². The predicted molar refractivity (Wildman–Crippen MR) is 281 cm³/mol. The number of nitrogens with zero attached hydrogens (tertiary/aromatic N) is 4. The van der Waals surface area contributed by atoms with Crippen LogP contribution in [0.15, 0.2) is 97.6 Å². The number of nitrogens with one attached hydrogen (secondary N) is 4. The average Bonchev–Trinajstić information content (AvgIpc) is 4.21. The van der Waals surface area contributed by atoms with E-state index in [0.717, 1.165) is 47.9 Å². The number of likely N-dealkylation sites (tertiary alicyclic amines) is 2. The van der Waals surface area contributed by atoms with Crippen LogP contribution in [0.25, 0.3) is 22.3 Å². The maximum absolute atomic E-state index is 14.3. The highest BCUT2D eigenvalue weighted by Gasteiger charge is 2.44. The number of carbonyl (C=O) groups excluding carboxylic acids is 6. The number of anilines is 2. The molecule has 2 aliphatic heterocycles. The minimum Gasteiger partial charge on any atom is -0.450 e. The summed E-state index contributed by atoms with van der Waals surface area (Å²) in [6.45, 7) is 13.5. The molecule has 74 heavy (non-hydrogen) atoms. The number of benzene rings is 3. The van der Waals surface area contributed by atoms with E-state index >= 15 is 0 Å². The number of ether oxygens (including phenoxy) is 2. The Morgan fingerprint density at radius 1 is 0.595 bits per heavy atom. The second-order valence-corrected chi connectivity index (χ2v) is 20.9. The topological polar surface area (TPSA) is 201 Å². The summed E-state index contributed by atoms with van der Waals surface area (Å²) in [5, 5.41) is 11.6. The van der Waals surface area contributed by atoms with Gasteiger partial charge in [0.15, 0.2) is 0 Å². The van der Waals surface area contributed by atoms with Crippen molar-refractivity contribution >= 4 is 47.2 Å². The molecular formula is C58H66N8O8. The van der Waals surface area contributed by atoms with Gasteiger partial charge in [0.1, 0.15) is 24.2 Å². The molecule has 0 spiro atoms. The Morgan fingerprint density at radius 2 is 0.986 bits per heavy atom. The Hall–Kier alpha value is -7.62. The van der Waals surface area contributed by atoms with Crippen molar-refractivity contribution < 1.29 is 38.2 Å². The number of hydrogen-bond donors (Lipinski definition) is 4. The van der Waals surface area contributed by atoms with Gasteiger partial charge in [-0.1, -0.05) is 88.4 Å². The maximum Gasteiger partial charge on any atom is 0.408 e. The van der Waals surface area contributed by atoms with Gasteiger partial charge >= 0.3 is 12.2 Å². The van der Waals surface area contributed by atoms with Crippen molar-refractivity contribution in [3.05, 3.63) is 131 Å². The number of alkyl carbamates (subject to hydrolysis) is 2. The molecule has 2 saturated heterocycles. The van der Waals surface area contributed by atoms with Crippen molar-refractivity contribution in [1.29, 1.82) is 0 Å². The third-order valence-corrected chi connectivity index (χ3v) is 15.2. The molecule has 0 radical (unpaired) electrons. The van der Waals surface area contributed by atoms with Gasteiger partial charge in [0.25, 0.3) is 11.8 Å². The van der Waals surface area contributed by atoms with Crippen LogP contribution in [-0.4, -0.2) is 94.0 Å². The van der Waals surface area contributed by atoms with Crippen LogP contribution in [-0.2, 0) is 52.3 Å². The lowest BCUT2D eigenvalue weighted by Crippen LogP contribution is -2.48. The van der Waals surface area contributed by atoms with Gasteiger partial charge in [-0.2, -0.15) is 0 Å². The van der Waals surface area contributed by atoms with Gasteiger partial charge < -0.3 is 40.5 Å². The van der Waals surface area contributed by atoms with Crippen LogP contribution in [0, 0.1) is 0 Å². The SMILES string of the molecule is CCOC(=O)NC(C(=O)N1CCC[C@H]1C(=O)Nc1cncc(-c2c3c(c(-c4cncc(NC(=O)[C@@H]5CCCN5C(=O)[C@H](NC(=O)OCC)c5ccccc5)c4)c4c2C(C)(C)CC4)C(C)(C)CC3)c1)c1ccccc1. The van der Waals surface area contributed by atoms with E-state index < -0.39 is 36.4 Å². The van der Waals surface area contributed by atoms with Crippen LogP contribution < -0.4 is 21.3 Å². The lowest BCUT2D eigenvalue weighted by atomic mass is 9.74. The van der Waals surface area contributed by atoms with Crippen LogP contribution in [0.3, 0.4) is 0 Å². The van der Waals surface area contributed by atoms with E-state index in [1.165, 1.54) is 22.3 Å². The molecule has 16 heteroatoms. The largest absolute Gasteiger partial charge is 0.450 e. The molecule has 0 saturated carbocycles. The number of hydrogen-bond acceptors (Lipinski definition) is 10. The van der Waals surface area contributed by atoms with E-state index in [0.29, 0.717) is 61.3 Å². The summed E-state index contributed by atoms with van der Waals surface area (Å²) in [7, 11) is 0. The molecule has 4 aliphatic rings. The number of aromatic nitrogens is 2. The summed E-state index contributed by atoms with van der Waals surface area (Å²) in [5.41, 5.74) is 10.6. The number of carbonyl (C=O) groups is 6.